The summed E-state index contributed by atoms with van der Waals surface area (Å²) in [5.74, 6) is -0.249. The standard InChI is InChI=1S/C19H26N4O2S2/c1-5-6-16(14(3)23(4)9-7-13(2)24)21-18(25)17-12-27-19(22-17)20-15-8-10-26-11-15/h5-6,8,10-13,24H,7,9H2,1-4H3,(H,20,22)(H,21,25)/b6-5-,16-14-. The van der Waals surface area contributed by atoms with Gasteiger partial charge in [0.1, 0.15) is 5.69 Å². The van der Waals surface area contributed by atoms with Crippen molar-refractivity contribution in [1.82, 2.24) is 15.2 Å². The molecule has 0 aromatic carbocycles. The van der Waals surface area contributed by atoms with Crippen molar-refractivity contribution in [2.24, 2.45) is 0 Å². The van der Waals surface area contributed by atoms with Crippen LogP contribution in [0.15, 0.2) is 45.8 Å². The number of aliphatic hydroxyl groups excluding tert-OH is 1. The lowest BCUT2D eigenvalue weighted by Gasteiger charge is -2.23. The largest absolute Gasteiger partial charge is 0.393 e. The van der Waals surface area contributed by atoms with E-state index in [1.165, 1.54) is 11.3 Å². The SMILES string of the molecule is C/C=C\C(NC(=O)c1csc(Nc2ccsc2)n1)=C(/C)N(C)CCC(C)O. The zero-order valence-corrected chi connectivity index (χ0v) is 17.7. The minimum atomic E-state index is -0.357. The van der Waals surface area contributed by atoms with Crippen molar-refractivity contribution >= 4 is 39.4 Å². The fourth-order valence-corrected chi connectivity index (χ4v) is 3.55. The second kappa shape index (κ2) is 10.2. The fraction of sp³-hybridized carbons (Fsp3) is 0.368. The van der Waals surface area contributed by atoms with Crippen LogP contribution in [0, 0.1) is 0 Å². The van der Waals surface area contributed by atoms with Gasteiger partial charge in [0, 0.05) is 30.0 Å². The second-order valence-electron chi connectivity index (χ2n) is 6.19. The minimum absolute atomic E-state index is 0.249. The topological polar surface area (TPSA) is 77.5 Å². The Hall–Kier alpha value is -2.16. The number of carbonyl (C=O) groups is 1. The molecule has 2 heterocycles. The van der Waals surface area contributed by atoms with E-state index in [0.29, 0.717) is 23.8 Å². The summed E-state index contributed by atoms with van der Waals surface area (Å²) >= 11 is 2.99. The van der Waals surface area contributed by atoms with Crippen LogP contribution in [0.1, 0.15) is 37.7 Å². The Labute approximate surface area is 168 Å². The number of hydrogen-bond donors (Lipinski definition) is 3. The van der Waals surface area contributed by atoms with Crippen LogP contribution in [0.5, 0.6) is 0 Å². The van der Waals surface area contributed by atoms with Crippen LogP contribution >= 0.6 is 22.7 Å². The molecule has 2 rings (SSSR count). The van der Waals surface area contributed by atoms with Crippen LogP contribution < -0.4 is 10.6 Å². The number of amides is 1. The third-order valence-corrected chi connectivity index (χ3v) is 5.38. The molecule has 3 N–H and O–H groups in total. The maximum atomic E-state index is 12.6. The Bertz CT molecular complexity index is 795. The molecule has 1 unspecified atom stereocenters. The Morgan fingerprint density at radius 1 is 1.44 bits per heavy atom. The molecule has 1 atom stereocenters. The fourth-order valence-electron chi connectivity index (χ4n) is 2.25. The van der Waals surface area contributed by atoms with Gasteiger partial charge in [0.15, 0.2) is 5.13 Å². The number of thiophene rings is 1. The van der Waals surface area contributed by atoms with Crippen molar-refractivity contribution in [1.29, 1.82) is 0 Å². The van der Waals surface area contributed by atoms with Crippen LogP contribution in [0.2, 0.25) is 0 Å². The third-order valence-electron chi connectivity index (χ3n) is 3.94. The molecule has 2 aromatic heterocycles. The summed E-state index contributed by atoms with van der Waals surface area (Å²) in [7, 11) is 1.94. The number of hydrogen-bond acceptors (Lipinski definition) is 7. The van der Waals surface area contributed by atoms with Crippen molar-refractivity contribution in [2.75, 3.05) is 18.9 Å². The van der Waals surface area contributed by atoms with Gasteiger partial charge in [-0.2, -0.15) is 11.3 Å². The van der Waals surface area contributed by atoms with Gasteiger partial charge in [0.2, 0.25) is 0 Å². The first-order valence-corrected chi connectivity index (χ1v) is 10.5. The predicted octanol–water partition coefficient (Wildman–Crippen LogP) is 4.19. The molecule has 8 heteroatoms. The Kier molecular flexibility index (Phi) is 8.02. The molecule has 0 bridgehead atoms. The minimum Gasteiger partial charge on any atom is -0.393 e. The van der Waals surface area contributed by atoms with Crippen LogP contribution in [0.3, 0.4) is 0 Å². The van der Waals surface area contributed by atoms with Gasteiger partial charge in [-0.05, 0) is 44.7 Å². The Balaban J connectivity index is 2.07. The zero-order valence-electron chi connectivity index (χ0n) is 16.0. The van der Waals surface area contributed by atoms with Crippen LogP contribution in [-0.4, -0.2) is 40.6 Å². The summed E-state index contributed by atoms with van der Waals surface area (Å²) in [5.41, 5.74) is 2.98. The second-order valence-corrected chi connectivity index (χ2v) is 7.83. The molecule has 1 amide bonds. The van der Waals surface area contributed by atoms with Gasteiger partial charge < -0.3 is 20.6 Å². The zero-order chi connectivity index (χ0) is 19.8. The van der Waals surface area contributed by atoms with E-state index < -0.39 is 0 Å². The number of allylic oxidation sites excluding steroid dienone is 3. The third kappa shape index (κ3) is 6.50. The molecular formula is C19H26N4O2S2. The number of thiazole rings is 1. The molecule has 0 saturated heterocycles. The average molecular weight is 407 g/mol. The molecule has 27 heavy (non-hydrogen) atoms. The number of nitrogens with zero attached hydrogens (tertiary/aromatic N) is 2. The van der Waals surface area contributed by atoms with E-state index in [1.807, 2.05) is 54.8 Å². The van der Waals surface area contributed by atoms with Crippen molar-refractivity contribution in [3.05, 3.63) is 51.4 Å². The normalized spacial score (nSPS) is 13.4. The van der Waals surface area contributed by atoms with Gasteiger partial charge in [-0.25, -0.2) is 4.98 Å². The van der Waals surface area contributed by atoms with Gasteiger partial charge in [-0.1, -0.05) is 6.08 Å². The first-order valence-electron chi connectivity index (χ1n) is 8.69. The maximum Gasteiger partial charge on any atom is 0.275 e. The smallest absolute Gasteiger partial charge is 0.275 e. The van der Waals surface area contributed by atoms with Crippen molar-refractivity contribution < 1.29 is 9.90 Å². The molecule has 0 radical (unpaired) electrons. The van der Waals surface area contributed by atoms with Crippen molar-refractivity contribution in [3.8, 4) is 0 Å². The molecular weight excluding hydrogens is 380 g/mol. The number of aliphatic hydroxyl groups is 1. The molecule has 0 aliphatic carbocycles. The summed E-state index contributed by atoms with van der Waals surface area (Å²) in [6.45, 7) is 6.32. The van der Waals surface area contributed by atoms with Crippen LogP contribution in [-0.2, 0) is 0 Å². The quantitative estimate of drug-likeness (QED) is 0.544. The van der Waals surface area contributed by atoms with E-state index in [0.717, 1.165) is 17.1 Å². The van der Waals surface area contributed by atoms with Gasteiger partial charge in [-0.3, -0.25) is 4.79 Å². The molecule has 0 aliphatic rings. The summed E-state index contributed by atoms with van der Waals surface area (Å²) in [5, 5.41) is 22.0. The van der Waals surface area contributed by atoms with Crippen LogP contribution in [0.25, 0.3) is 0 Å². The monoisotopic (exact) mass is 406 g/mol. The predicted molar refractivity (Wildman–Crippen MR) is 114 cm³/mol. The summed E-state index contributed by atoms with van der Waals surface area (Å²) in [6.07, 6.45) is 4.05. The molecule has 6 nitrogen and oxygen atoms in total. The van der Waals surface area contributed by atoms with E-state index in [4.69, 9.17) is 0 Å². The van der Waals surface area contributed by atoms with E-state index in [1.54, 1.807) is 23.6 Å². The lowest BCUT2D eigenvalue weighted by atomic mass is 10.2. The molecule has 2 aromatic rings. The molecule has 0 fully saturated rings. The summed E-state index contributed by atoms with van der Waals surface area (Å²) < 4.78 is 0. The van der Waals surface area contributed by atoms with Crippen LogP contribution in [0.4, 0.5) is 10.8 Å². The lowest BCUT2D eigenvalue weighted by Crippen LogP contribution is -2.28. The highest BCUT2D eigenvalue weighted by Gasteiger charge is 2.14. The van der Waals surface area contributed by atoms with E-state index in [9.17, 15) is 9.90 Å². The lowest BCUT2D eigenvalue weighted by molar-refractivity contribution is 0.0961. The van der Waals surface area contributed by atoms with Gasteiger partial charge in [0.05, 0.1) is 17.5 Å². The number of nitrogens with one attached hydrogen (secondary N) is 2. The Morgan fingerprint density at radius 2 is 2.22 bits per heavy atom. The van der Waals surface area contributed by atoms with Gasteiger partial charge in [-0.15, -0.1) is 11.3 Å². The number of rotatable bonds is 9. The molecule has 0 aliphatic heterocycles. The Morgan fingerprint density at radius 3 is 2.85 bits per heavy atom. The molecule has 0 spiro atoms. The maximum absolute atomic E-state index is 12.6. The van der Waals surface area contributed by atoms with Gasteiger partial charge in [0.25, 0.3) is 5.91 Å². The average Bonchev–Trinajstić information content (AvgIpc) is 3.31. The highest BCUT2D eigenvalue weighted by molar-refractivity contribution is 7.14. The van der Waals surface area contributed by atoms with Crippen molar-refractivity contribution in [2.45, 2.75) is 33.3 Å². The van der Waals surface area contributed by atoms with E-state index >= 15 is 0 Å². The summed E-state index contributed by atoms with van der Waals surface area (Å²) in [6, 6.07) is 1.96. The highest BCUT2D eigenvalue weighted by atomic mass is 32.1. The van der Waals surface area contributed by atoms with E-state index in [-0.39, 0.29) is 12.0 Å². The highest BCUT2D eigenvalue weighted by Crippen LogP contribution is 2.22. The molecule has 0 saturated carbocycles. The molecule has 146 valence electrons. The first kappa shape index (κ1) is 21.1. The number of carbonyl (C=O) groups excluding carboxylic acids is 1. The first-order chi connectivity index (χ1) is 12.9. The number of aromatic nitrogens is 1. The van der Waals surface area contributed by atoms with Gasteiger partial charge >= 0.3 is 0 Å². The summed E-state index contributed by atoms with van der Waals surface area (Å²) in [4.78, 5) is 19.0. The van der Waals surface area contributed by atoms with Crippen molar-refractivity contribution in [3.63, 3.8) is 0 Å². The van der Waals surface area contributed by atoms with E-state index in [2.05, 4.69) is 15.6 Å². The number of anilines is 2.